The lowest BCUT2D eigenvalue weighted by atomic mass is 10.0. The second-order valence-electron chi connectivity index (χ2n) is 3.26. The molecule has 0 amide bonds. The molecule has 0 atom stereocenters. The van der Waals surface area contributed by atoms with Crippen LogP contribution in [-0.2, 0) is 12.3 Å². The fourth-order valence-electron chi connectivity index (χ4n) is 1.40. The van der Waals surface area contributed by atoms with Crippen LogP contribution in [0.3, 0.4) is 0 Å². The highest BCUT2D eigenvalue weighted by molar-refractivity contribution is 6.17. The first kappa shape index (κ1) is 12.7. The first-order chi connectivity index (χ1) is 7.19. The van der Waals surface area contributed by atoms with Crippen LogP contribution < -0.4 is 0 Å². The van der Waals surface area contributed by atoms with E-state index in [0.717, 1.165) is 18.4 Å². The van der Waals surface area contributed by atoms with Gasteiger partial charge in [-0.2, -0.15) is 0 Å². The topological polar surface area (TPSA) is 0 Å². The maximum absolute atomic E-state index is 12.6. The number of hydrogen-bond donors (Lipinski definition) is 0. The smallest absolute Gasteiger partial charge is 0.205 e. The molecule has 0 saturated carbocycles. The minimum absolute atomic E-state index is 0.0390. The Morgan fingerprint density at radius 3 is 2.47 bits per heavy atom. The van der Waals surface area contributed by atoms with E-state index in [0.29, 0.717) is 11.4 Å². The second-order valence-corrected chi connectivity index (χ2v) is 3.91. The fourth-order valence-corrected chi connectivity index (χ4v) is 1.77. The summed E-state index contributed by atoms with van der Waals surface area (Å²) in [5.41, 5.74) is 1.43. The molecule has 1 rings (SSSR count). The molecule has 0 aliphatic rings. The highest BCUT2D eigenvalue weighted by Crippen LogP contribution is 2.25. The van der Waals surface area contributed by atoms with Gasteiger partial charge in [-0.25, -0.2) is 8.78 Å². The predicted molar refractivity (Wildman–Crippen MR) is 60.0 cm³/mol. The predicted octanol–water partition coefficient (Wildman–Crippen LogP) is 4.53. The maximum atomic E-state index is 12.6. The third-order valence-corrected chi connectivity index (χ3v) is 2.74. The van der Waals surface area contributed by atoms with E-state index in [-0.39, 0.29) is 11.4 Å². The molecular weight excluding hydrogens is 241 g/mol. The Morgan fingerprint density at radius 1 is 1.20 bits per heavy atom. The van der Waals surface area contributed by atoms with Crippen molar-refractivity contribution >= 4 is 23.2 Å². The molecule has 15 heavy (non-hydrogen) atoms. The quantitative estimate of drug-likeness (QED) is 0.676. The molecule has 4 heteroatoms. The second kappa shape index (κ2) is 6.29. The van der Waals surface area contributed by atoms with Crippen molar-refractivity contribution < 1.29 is 8.78 Å². The van der Waals surface area contributed by atoms with Crippen LogP contribution in [0.5, 0.6) is 0 Å². The molecular formula is C11H12Cl2F2. The molecule has 0 N–H and O–H groups in total. The third-order valence-electron chi connectivity index (χ3n) is 2.19. The molecule has 1 aromatic rings. The summed E-state index contributed by atoms with van der Waals surface area (Å²) < 4.78 is 25.3. The van der Waals surface area contributed by atoms with E-state index in [2.05, 4.69) is 0 Å². The van der Waals surface area contributed by atoms with E-state index in [1.807, 2.05) is 6.07 Å². The van der Waals surface area contributed by atoms with E-state index >= 15 is 0 Å². The van der Waals surface area contributed by atoms with Gasteiger partial charge in [0.2, 0.25) is 0 Å². The molecule has 0 radical (unpaired) electrons. The van der Waals surface area contributed by atoms with Crippen molar-refractivity contribution in [1.29, 1.82) is 0 Å². The van der Waals surface area contributed by atoms with Crippen LogP contribution in [0.1, 0.15) is 29.5 Å². The van der Waals surface area contributed by atoms with Crippen LogP contribution in [-0.4, -0.2) is 5.88 Å². The SMILES string of the molecule is FC(F)c1cc(CCCCl)ccc1CCl. The molecule has 0 spiro atoms. The van der Waals surface area contributed by atoms with Gasteiger partial charge >= 0.3 is 0 Å². The monoisotopic (exact) mass is 252 g/mol. The van der Waals surface area contributed by atoms with E-state index in [1.54, 1.807) is 6.07 Å². The maximum Gasteiger partial charge on any atom is 0.264 e. The van der Waals surface area contributed by atoms with Crippen LogP contribution in [0.25, 0.3) is 0 Å². The van der Waals surface area contributed by atoms with Crippen LogP contribution in [0.4, 0.5) is 8.78 Å². The Hall–Kier alpha value is -0.340. The Bertz CT molecular complexity index is 313. The minimum atomic E-state index is -2.46. The van der Waals surface area contributed by atoms with Crippen molar-refractivity contribution in [2.45, 2.75) is 25.1 Å². The molecule has 0 nitrogen and oxygen atoms in total. The first-order valence-corrected chi connectivity index (χ1v) is 5.77. The summed E-state index contributed by atoms with van der Waals surface area (Å²) in [6.07, 6.45) is -0.939. The normalized spacial score (nSPS) is 11.0. The van der Waals surface area contributed by atoms with E-state index in [9.17, 15) is 8.78 Å². The lowest BCUT2D eigenvalue weighted by Gasteiger charge is -2.08. The zero-order valence-corrected chi connectivity index (χ0v) is 9.66. The van der Waals surface area contributed by atoms with Crippen LogP contribution >= 0.6 is 23.2 Å². The van der Waals surface area contributed by atoms with Gasteiger partial charge in [0.25, 0.3) is 6.43 Å². The lowest BCUT2D eigenvalue weighted by Crippen LogP contribution is -1.95. The summed E-state index contributed by atoms with van der Waals surface area (Å²) in [6.45, 7) is 0. The van der Waals surface area contributed by atoms with Crippen molar-refractivity contribution in [3.63, 3.8) is 0 Å². The number of halogens is 4. The molecule has 0 heterocycles. The van der Waals surface area contributed by atoms with Gasteiger partial charge in [0.05, 0.1) is 0 Å². The molecule has 0 aliphatic heterocycles. The van der Waals surface area contributed by atoms with E-state index in [1.165, 1.54) is 6.07 Å². The average molecular weight is 253 g/mol. The van der Waals surface area contributed by atoms with Crippen molar-refractivity contribution in [1.82, 2.24) is 0 Å². The molecule has 0 aliphatic carbocycles. The fraction of sp³-hybridized carbons (Fsp3) is 0.455. The summed E-state index contributed by atoms with van der Waals surface area (Å²) in [7, 11) is 0. The molecule has 0 aromatic heterocycles. The van der Waals surface area contributed by atoms with Gasteiger partial charge in [0.1, 0.15) is 0 Å². The van der Waals surface area contributed by atoms with Gasteiger partial charge in [0, 0.05) is 17.3 Å². The first-order valence-electron chi connectivity index (χ1n) is 4.70. The van der Waals surface area contributed by atoms with Gasteiger partial charge in [0.15, 0.2) is 0 Å². The van der Waals surface area contributed by atoms with Crippen molar-refractivity contribution in [2.24, 2.45) is 0 Å². The lowest BCUT2D eigenvalue weighted by molar-refractivity contribution is 0.150. The molecule has 0 fully saturated rings. The zero-order chi connectivity index (χ0) is 11.3. The third kappa shape index (κ3) is 3.62. The molecule has 0 unspecified atom stereocenters. The Balaban J connectivity index is 2.89. The minimum Gasteiger partial charge on any atom is -0.205 e. The summed E-state index contributed by atoms with van der Waals surface area (Å²) in [4.78, 5) is 0. The number of aryl methyl sites for hydroxylation is 1. The molecule has 84 valence electrons. The molecule has 0 saturated heterocycles. The Kier molecular flexibility index (Phi) is 5.34. The number of benzene rings is 1. The Labute approximate surface area is 98.2 Å². The molecule has 1 aromatic carbocycles. The van der Waals surface area contributed by atoms with Crippen molar-refractivity contribution in [3.05, 3.63) is 34.9 Å². The van der Waals surface area contributed by atoms with Gasteiger partial charge < -0.3 is 0 Å². The largest absolute Gasteiger partial charge is 0.264 e. The average Bonchev–Trinajstić information content (AvgIpc) is 2.25. The van der Waals surface area contributed by atoms with Gasteiger partial charge in [-0.3, -0.25) is 0 Å². The zero-order valence-electron chi connectivity index (χ0n) is 8.15. The number of alkyl halides is 4. The summed E-state index contributed by atoms with van der Waals surface area (Å²) in [5.74, 6) is 0.663. The standard InChI is InChI=1S/C11H12Cl2F2/c12-5-1-2-8-3-4-9(7-13)10(6-8)11(14)15/h3-4,6,11H,1-2,5,7H2. The highest BCUT2D eigenvalue weighted by Gasteiger charge is 2.12. The van der Waals surface area contributed by atoms with Crippen molar-refractivity contribution in [2.75, 3.05) is 5.88 Å². The Morgan fingerprint density at radius 2 is 1.93 bits per heavy atom. The van der Waals surface area contributed by atoms with Crippen LogP contribution in [0.15, 0.2) is 18.2 Å². The van der Waals surface area contributed by atoms with Gasteiger partial charge in [-0.05, 0) is 30.0 Å². The van der Waals surface area contributed by atoms with E-state index < -0.39 is 6.43 Å². The van der Waals surface area contributed by atoms with E-state index in [4.69, 9.17) is 23.2 Å². The number of hydrogen-bond acceptors (Lipinski definition) is 0. The summed E-state index contributed by atoms with van der Waals surface area (Å²) in [6, 6.07) is 5.02. The summed E-state index contributed by atoms with van der Waals surface area (Å²) >= 11 is 11.1. The molecule has 0 bridgehead atoms. The van der Waals surface area contributed by atoms with Crippen molar-refractivity contribution in [3.8, 4) is 0 Å². The number of rotatable bonds is 5. The van der Waals surface area contributed by atoms with Crippen LogP contribution in [0.2, 0.25) is 0 Å². The van der Waals surface area contributed by atoms with Gasteiger partial charge in [-0.15, -0.1) is 23.2 Å². The van der Waals surface area contributed by atoms with Gasteiger partial charge in [-0.1, -0.05) is 12.1 Å². The summed E-state index contributed by atoms with van der Waals surface area (Å²) in [5, 5.41) is 0. The van der Waals surface area contributed by atoms with Crippen LogP contribution in [0, 0.1) is 0 Å². The highest BCUT2D eigenvalue weighted by atomic mass is 35.5.